The van der Waals surface area contributed by atoms with E-state index < -0.39 is 9.84 Å². The molecule has 0 aliphatic carbocycles. The van der Waals surface area contributed by atoms with Crippen molar-refractivity contribution in [2.45, 2.75) is 11.8 Å². The van der Waals surface area contributed by atoms with Crippen LogP contribution in [0.2, 0.25) is 0 Å². The molecule has 0 saturated heterocycles. The summed E-state index contributed by atoms with van der Waals surface area (Å²) >= 11 is 1.20. The summed E-state index contributed by atoms with van der Waals surface area (Å²) in [5, 5.41) is 11.4. The number of rotatable bonds is 6. The van der Waals surface area contributed by atoms with Crippen LogP contribution in [0.25, 0.3) is 0 Å². The van der Waals surface area contributed by atoms with E-state index in [1.807, 2.05) is 6.92 Å². The molecule has 1 aromatic rings. The first kappa shape index (κ1) is 17.3. The minimum atomic E-state index is -3.31. The molecule has 1 N–H and O–H groups in total. The molecule has 1 rings (SSSR count). The highest BCUT2D eigenvalue weighted by Gasteiger charge is 2.14. The summed E-state index contributed by atoms with van der Waals surface area (Å²) < 4.78 is 24.3. The molecule has 0 aliphatic rings. The lowest BCUT2D eigenvalue weighted by Crippen LogP contribution is -2.17. The van der Waals surface area contributed by atoms with Crippen molar-refractivity contribution in [3.63, 3.8) is 0 Å². The third kappa shape index (κ3) is 6.02. The largest absolute Gasteiger partial charge is 0.272 e. The number of nitriles is 1. The second kappa shape index (κ2) is 8.49. The molecular formula is C14H17N3O2S2. The van der Waals surface area contributed by atoms with Gasteiger partial charge >= 0.3 is 0 Å². The van der Waals surface area contributed by atoms with Crippen LogP contribution in [0.4, 0.5) is 0 Å². The summed E-state index contributed by atoms with van der Waals surface area (Å²) in [7, 11) is -3.31. The summed E-state index contributed by atoms with van der Waals surface area (Å²) in [6, 6.07) is 6.76. The molecule has 0 saturated carbocycles. The molecule has 0 atom stereocenters. The SMILES string of the molecule is C=CCN=C(NC#N)SCCS(=O)(=O)c1ccc(C)cc1. The summed E-state index contributed by atoms with van der Waals surface area (Å²) in [6.45, 7) is 5.82. The zero-order valence-corrected chi connectivity index (χ0v) is 13.4. The molecule has 21 heavy (non-hydrogen) atoms. The maximum absolute atomic E-state index is 12.1. The molecule has 1 aromatic carbocycles. The number of sulfone groups is 1. The minimum Gasteiger partial charge on any atom is -0.272 e. The van der Waals surface area contributed by atoms with Crippen LogP contribution in [-0.4, -0.2) is 31.6 Å². The van der Waals surface area contributed by atoms with Crippen LogP contribution in [0.15, 0.2) is 46.8 Å². The average molecular weight is 323 g/mol. The summed E-state index contributed by atoms with van der Waals surface area (Å²) in [6.07, 6.45) is 3.38. The standard InChI is InChI=1S/C14H17N3O2S2/c1-3-8-16-14(17-11-15)20-9-10-21(18,19)13-6-4-12(2)5-7-13/h3-7H,1,8-10H2,2H3,(H,16,17). The van der Waals surface area contributed by atoms with E-state index in [0.29, 0.717) is 22.4 Å². The molecular weight excluding hydrogens is 306 g/mol. The van der Waals surface area contributed by atoms with E-state index in [-0.39, 0.29) is 5.75 Å². The molecule has 0 aromatic heterocycles. The van der Waals surface area contributed by atoms with Crippen molar-refractivity contribution < 1.29 is 8.42 Å². The van der Waals surface area contributed by atoms with Crippen molar-refractivity contribution in [2.24, 2.45) is 4.99 Å². The van der Waals surface area contributed by atoms with E-state index in [1.165, 1.54) is 11.8 Å². The monoisotopic (exact) mass is 323 g/mol. The highest BCUT2D eigenvalue weighted by atomic mass is 32.2. The predicted octanol–water partition coefficient (Wildman–Crippen LogP) is 2.11. The Labute approximate surface area is 129 Å². The van der Waals surface area contributed by atoms with Gasteiger partial charge < -0.3 is 0 Å². The van der Waals surface area contributed by atoms with E-state index >= 15 is 0 Å². The van der Waals surface area contributed by atoms with Crippen LogP contribution in [0.5, 0.6) is 0 Å². The smallest absolute Gasteiger partial charge is 0.183 e. The molecule has 0 aliphatic heterocycles. The molecule has 0 fully saturated rings. The van der Waals surface area contributed by atoms with Gasteiger partial charge in [0.2, 0.25) is 0 Å². The number of nitrogens with zero attached hydrogens (tertiary/aromatic N) is 2. The summed E-state index contributed by atoms with van der Waals surface area (Å²) in [5.41, 5.74) is 1.01. The number of benzene rings is 1. The highest BCUT2D eigenvalue weighted by Crippen LogP contribution is 2.14. The molecule has 0 bridgehead atoms. The van der Waals surface area contributed by atoms with Crippen LogP contribution < -0.4 is 5.32 Å². The number of nitrogens with one attached hydrogen (secondary N) is 1. The number of aliphatic imine (C=N–C) groups is 1. The average Bonchev–Trinajstić information content (AvgIpc) is 2.45. The van der Waals surface area contributed by atoms with E-state index in [1.54, 1.807) is 36.5 Å². The van der Waals surface area contributed by atoms with Crippen molar-refractivity contribution in [3.8, 4) is 6.19 Å². The third-order valence-electron chi connectivity index (χ3n) is 2.50. The molecule has 7 heteroatoms. The minimum absolute atomic E-state index is 0.0130. The first-order valence-electron chi connectivity index (χ1n) is 6.22. The predicted molar refractivity (Wildman–Crippen MR) is 86.9 cm³/mol. The van der Waals surface area contributed by atoms with Crippen molar-refractivity contribution >= 4 is 26.8 Å². The molecule has 0 amide bonds. The maximum atomic E-state index is 12.1. The lowest BCUT2D eigenvalue weighted by atomic mass is 10.2. The Morgan fingerprint density at radius 3 is 2.71 bits per heavy atom. The summed E-state index contributed by atoms with van der Waals surface area (Å²) in [5.74, 6) is 0.307. The molecule has 0 unspecified atom stereocenters. The zero-order chi connectivity index (χ0) is 15.7. The second-order valence-electron chi connectivity index (χ2n) is 4.15. The van der Waals surface area contributed by atoms with Crippen LogP contribution in [0, 0.1) is 18.4 Å². The van der Waals surface area contributed by atoms with Gasteiger partial charge in [-0.05, 0) is 19.1 Å². The van der Waals surface area contributed by atoms with Crippen LogP contribution in [0.1, 0.15) is 5.56 Å². The number of hydrogen-bond donors (Lipinski definition) is 1. The number of aryl methyl sites for hydroxylation is 1. The quantitative estimate of drug-likeness (QED) is 0.285. The van der Waals surface area contributed by atoms with Gasteiger partial charge in [-0.25, -0.2) is 8.42 Å². The Bertz CT molecular complexity index is 644. The van der Waals surface area contributed by atoms with E-state index in [9.17, 15) is 8.42 Å². The summed E-state index contributed by atoms with van der Waals surface area (Å²) in [4.78, 5) is 4.38. The van der Waals surface area contributed by atoms with E-state index in [2.05, 4.69) is 16.9 Å². The molecule has 112 valence electrons. The first-order chi connectivity index (χ1) is 9.99. The number of thioether (sulfide) groups is 1. The topological polar surface area (TPSA) is 82.3 Å². The Hall–Kier alpha value is -1.78. The van der Waals surface area contributed by atoms with Crippen LogP contribution in [0.3, 0.4) is 0 Å². The van der Waals surface area contributed by atoms with Gasteiger partial charge in [0.25, 0.3) is 0 Å². The van der Waals surface area contributed by atoms with Gasteiger partial charge in [-0.3, -0.25) is 10.3 Å². The lowest BCUT2D eigenvalue weighted by molar-refractivity contribution is 0.597. The van der Waals surface area contributed by atoms with Crippen molar-refractivity contribution in [3.05, 3.63) is 42.5 Å². The van der Waals surface area contributed by atoms with Gasteiger partial charge in [-0.1, -0.05) is 35.5 Å². The highest BCUT2D eigenvalue weighted by molar-refractivity contribution is 8.14. The Morgan fingerprint density at radius 1 is 1.48 bits per heavy atom. The normalized spacial score (nSPS) is 11.7. The Kier molecular flexibility index (Phi) is 6.99. The molecule has 0 spiro atoms. The Balaban J connectivity index is 2.63. The van der Waals surface area contributed by atoms with Crippen molar-refractivity contribution in [2.75, 3.05) is 18.1 Å². The first-order valence-corrected chi connectivity index (χ1v) is 8.86. The second-order valence-corrected chi connectivity index (χ2v) is 7.34. The zero-order valence-electron chi connectivity index (χ0n) is 11.7. The van der Waals surface area contributed by atoms with Gasteiger partial charge in [0.05, 0.1) is 17.2 Å². The number of hydrogen-bond acceptors (Lipinski definition) is 5. The van der Waals surface area contributed by atoms with Gasteiger partial charge in [-0.15, -0.1) is 6.58 Å². The molecule has 5 nitrogen and oxygen atoms in total. The van der Waals surface area contributed by atoms with Crippen molar-refractivity contribution in [1.82, 2.24) is 5.32 Å². The fourth-order valence-electron chi connectivity index (χ4n) is 1.43. The van der Waals surface area contributed by atoms with Gasteiger partial charge in [0.1, 0.15) is 0 Å². The van der Waals surface area contributed by atoms with Crippen LogP contribution >= 0.6 is 11.8 Å². The fraction of sp³-hybridized carbons (Fsp3) is 0.286. The molecule has 0 radical (unpaired) electrons. The lowest BCUT2D eigenvalue weighted by Gasteiger charge is -2.06. The third-order valence-corrected chi connectivity index (χ3v) is 5.40. The van der Waals surface area contributed by atoms with Crippen LogP contribution in [-0.2, 0) is 9.84 Å². The fourth-order valence-corrected chi connectivity index (χ4v) is 3.90. The van der Waals surface area contributed by atoms with Gasteiger partial charge in [-0.2, -0.15) is 5.26 Å². The van der Waals surface area contributed by atoms with Gasteiger partial charge in [0, 0.05) is 5.75 Å². The van der Waals surface area contributed by atoms with Crippen molar-refractivity contribution in [1.29, 1.82) is 5.26 Å². The van der Waals surface area contributed by atoms with Gasteiger partial charge in [0.15, 0.2) is 21.2 Å². The maximum Gasteiger partial charge on any atom is 0.183 e. The molecule has 0 heterocycles. The van der Waals surface area contributed by atoms with E-state index in [4.69, 9.17) is 5.26 Å². The van der Waals surface area contributed by atoms with E-state index in [0.717, 1.165) is 5.56 Å². The Morgan fingerprint density at radius 2 is 2.14 bits per heavy atom. The number of amidine groups is 1.